The van der Waals surface area contributed by atoms with Crippen LogP contribution in [-0.4, -0.2) is 33.3 Å². The topological polar surface area (TPSA) is 58.2 Å². The number of sulfonamides is 1. The van der Waals surface area contributed by atoms with Crippen LogP contribution in [0.3, 0.4) is 0 Å². The average Bonchev–Trinajstić information content (AvgIpc) is 2.26. The Morgan fingerprint density at radius 2 is 2.06 bits per heavy atom. The number of piperidine rings is 1. The van der Waals surface area contributed by atoms with Crippen LogP contribution in [0, 0.1) is 11.8 Å². The second-order valence-electron chi connectivity index (χ2n) is 5.60. The van der Waals surface area contributed by atoms with Gasteiger partial charge in [0.15, 0.2) is 0 Å². The lowest BCUT2D eigenvalue weighted by Crippen LogP contribution is -2.42. The van der Waals surface area contributed by atoms with Gasteiger partial charge in [-0.15, -0.1) is 0 Å². The first-order chi connectivity index (χ1) is 7.89. The predicted molar refractivity (Wildman–Crippen MR) is 71.4 cm³/mol. The van der Waals surface area contributed by atoms with Crippen LogP contribution in [0.2, 0.25) is 0 Å². The first-order valence-electron chi connectivity index (χ1n) is 6.60. The molecule has 2 atom stereocenters. The first kappa shape index (κ1) is 14.9. The summed E-state index contributed by atoms with van der Waals surface area (Å²) in [6.07, 6.45) is 2.98. The van der Waals surface area contributed by atoms with Crippen molar-refractivity contribution in [3.05, 3.63) is 0 Å². The lowest BCUT2D eigenvalue weighted by atomic mass is 9.96. The fourth-order valence-electron chi connectivity index (χ4n) is 1.94. The second kappa shape index (κ2) is 6.71. The van der Waals surface area contributed by atoms with Gasteiger partial charge in [-0.3, -0.25) is 0 Å². The zero-order valence-corrected chi connectivity index (χ0v) is 12.0. The highest BCUT2D eigenvalue weighted by atomic mass is 32.2. The summed E-state index contributed by atoms with van der Waals surface area (Å²) in [5.41, 5.74) is 0. The van der Waals surface area contributed by atoms with E-state index in [0.29, 0.717) is 24.4 Å². The molecule has 2 unspecified atom stereocenters. The largest absolute Gasteiger partial charge is 0.314 e. The Hall–Kier alpha value is -0.130. The van der Waals surface area contributed by atoms with E-state index >= 15 is 0 Å². The summed E-state index contributed by atoms with van der Waals surface area (Å²) in [4.78, 5) is 0. The first-order valence-corrected chi connectivity index (χ1v) is 8.25. The molecule has 0 aromatic heterocycles. The molecule has 0 bridgehead atoms. The fraction of sp³-hybridized carbons (Fsp3) is 1.00. The molecule has 1 rings (SSSR count). The van der Waals surface area contributed by atoms with Gasteiger partial charge >= 0.3 is 0 Å². The normalized spacial score (nSPS) is 26.4. The molecule has 0 aromatic carbocycles. The third kappa shape index (κ3) is 6.38. The lowest BCUT2D eigenvalue weighted by Gasteiger charge is -2.27. The standard InChI is InChI=1S/C12H26N2O2S/c1-10(2)6-7-17(15,16)14-9-12-5-4-11(3)13-8-12/h10-14H,4-9H2,1-3H3. The van der Waals surface area contributed by atoms with Gasteiger partial charge in [-0.1, -0.05) is 13.8 Å². The van der Waals surface area contributed by atoms with Gasteiger partial charge in [0.05, 0.1) is 5.75 Å². The third-order valence-electron chi connectivity index (χ3n) is 3.32. The molecule has 1 aliphatic rings. The Bertz CT molecular complexity index is 306. The molecule has 1 heterocycles. The SMILES string of the molecule is CC(C)CCS(=O)(=O)NCC1CCC(C)NC1. The maximum atomic E-state index is 11.7. The number of nitrogens with one attached hydrogen (secondary N) is 2. The van der Waals surface area contributed by atoms with E-state index in [1.54, 1.807) is 0 Å². The quantitative estimate of drug-likeness (QED) is 0.759. The van der Waals surface area contributed by atoms with Gasteiger partial charge in [0.2, 0.25) is 10.0 Å². The third-order valence-corrected chi connectivity index (χ3v) is 4.70. The van der Waals surface area contributed by atoms with Crippen molar-refractivity contribution in [3.63, 3.8) is 0 Å². The van der Waals surface area contributed by atoms with Crippen LogP contribution in [0.4, 0.5) is 0 Å². The van der Waals surface area contributed by atoms with E-state index in [-0.39, 0.29) is 5.75 Å². The van der Waals surface area contributed by atoms with Crippen LogP contribution < -0.4 is 10.0 Å². The zero-order valence-electron chi connectivity index (χ0n) is 11.2. The molecule has 1 aliphatic heterocycles. The van der Waals surface area contributed by atoms with Crippen molar-refractivity contribution in [1.82, 2.24) is 10.0 Å². The van der Waals surface area contributed by atoms with Gasteiger partial charge < -0.3 is 5.32 Å². The summed E-state index contributed by atoms with van der Waals surface area (Å²) in [5, 5.41) is 3.38. The molecule has 0 spiro atoms. The average molecular weight is 262 g/mol. The van der Waals surface area contributed by atoms with Crippen LogP contribution in [0.1, 0.15) is 40.0 Å². The summed E-state index contributed by atoms with van der Waals surface area (Å²) < 4.78 is 26.2. The van der Waals surface area contributed by atoms with Gasteiger partial charge in [0.25, 0.3) is 0 Å². The molecule has 102 valence electrons. The molecular formula is C12H26N2O2S. The van der Waals surface area contributed by atoms with Crippen LogP contribution in [0.15, 0.2) is 0 Å². The molecule has 0 saturated carbocycles. The Morgan fingerprint density at radius 1 is 1.35 bits per heavy atom. The monoisotopic (exact) mass is 262 g/mol. The van der Waals surface area contributed by atoms with E-state index in [1.165, 1.54) is 0 Å². The lowest BCUT2D eigenvalue weighted by molar-refractivity contribution is 0.323. The van der Waals surface area contributed by atoms with Crippen molar-refractivity contribution in [2.45, 2.75) is 46.1 Å². The molecule has 0 amide bonds. The number of hydrogen-bond donors (Lipinski definition) is 2. The Labute approximate surface area is 106 Å². The smallest absolute Gasteiger partial charge is 0.211 e. The Kier molecular flexibility index (Phi) is 5.89. The van der Waals surface area contributed by atoms with Crippen LogP contribution >= 0.6 is 0 Å². The van der Waals surface area contributed by atoms with E-state index in [9.17, 15) is 8.42 Å². The highest BCUT2D eigenvalue weighted by molar-refractivity contribution is 7.89. The summed E-state index contributed by atoms with van der Waals surface area (Å²) in [6, 6.07) is 0.573. The van der Waals surface area contributed by atoms with E-state index < -0.39 is 10.0 Å². The van der Waals surface area contributed by atoms with E-state index in [0.717, 1.165) is 25.8 Å². The van der Waals surface area contributed by atoms with Crippen molar-refractivity contribution in [1.29, 1.82) is 0 Å². The molecule has 17 heavy (non-hydrogen) atoms. The molecule has 0 aromatic rings. The summed E-state index contributed by atoms with van der Waals surface area (Å²) in [7, 11) is -3.07. The van der Waals surface area contributed by atoms with Gasteiger partial charge in [-0.25, -0.2) is 13.1 Å². The number of hydrogen-bond acceptors (Lipinski definition) is 3. The molecule has 5 heteroatoms. The minimum atomic E-state index is -3.07. The summed E-state index contributed by atoms with van der Waals surface area (Å²) >= 11 is 0. The molecule has 4 nitrogen and oxygen atoms in total. The van der Waals surface area contributed by atoms with Gasteiger partial charge in [0.1, 0.15) is 0 Å². The van der Waals surface area contributed by atoms with E-state index in [4.69, 9.17) is 0 Å². The molecule has 0 radical (unpaired) electrons. The highest BCUT2D eigenvalue weighted by Crippen LogP contribution is 2.13. The van der Waals surface area contributed by atoms with E-state index in [1.807, 2.05) is 13.8 Å². The van der Waals surface area contributed by atoms with Gasteiger partial charge in [-0.05, 0) is 44.6 Å². The maximum absolute atomic E-state index is 11.7. The highest BCUT2D eigenvalue weighted by Gasteiger charge is 2.19. The summed E-state index contributed by atoms with van der Waals surface area (Å²) in [6.45, 7) is 7.76. The molecular weight excluding hydrogens is 236 g/mol. The maximum Gasteiger partial charge on any atom is 0.211 e. The Balaban J connectivity index is 2.25. The van der Waals surface area contributed by atoms with Gasteiger partial charge in [0, 0.05) is 12.6 Å². The van der Waals surface area contributed by atoms with Crippen molar-refractivity contribution >= 4 is 10.0 Å². The Morgan fingerprint density at radius 3 is 2.59 bits per heavy atom. The zero-order chi connectivity index (χ0) is 12.9. The molecule has 0 aliphatic carbocycles. The number of rotatable bonds is 6. The van der Waals surface area contributed by atoms with Crippen LogP contribution in [0.25, 0.3) is 0 Å². The minimum Gasteiger partial charge on any atom is -0.314 e. The predicted octanol–water partition coefficient (Wildman–Crippen LogP) is 1.34. The second-order valence-corrected chi connectivity index (χ2v) is 7.53. The van der Waals surface area contributed by atoms with Crippen molar-refractivity contribution < 1.29 is 8.42 Å². The van der Waals surface area contributed by atoms with E-state index in [2.05, 4.69) is 17.0 Å². The summed E-state index contributed by atoms with van der Waals surface area (Å²) in [5.74, 6) is 1.13. The fourth-order valence-corrected chi connectivity index (χ4v) is 3.36. The van der Waals surface area contributed by atoms with Crippen LogP contribution in [0.5, 0.6) is 0 Å². The minimum absolute atomic E-state index is 0.251. The van der Waals surface area contributed by atoms with Gasteiger partial charge in [-0.2, -0.15) is 0 Å². The van der Waals surface area contributed by atoms with Crippen molar-refractivity contribution in [3.8, 4) is 0 Å². The molecule has 2 N–H and O–H groups in total. The molecule has 1 saturated heterocycles. The van der Waals surface area contributed by atoms with Crippen molar-refractivity contribution in [2.24, 2.45) is 11.8 Å². The molecule has 1 fully saturated rings. The van der Waals surface area contributed by atoms with Crippen molar-refractivity contribution in [2.75, 3.05) is 18.8 Å². The van der Waals surface area contributed by atoms with Crippen LogP contribution in [-0.2, 0) is 10.0 Å².